The van der Waals surface area contributed by atoms with E-state index in [0.29, 0.717) is 5.69 Å². The fourth-order valence-electron chi connectivity index (χ4n) is 2.27. The number of rotatable bonds is 0. The molecule has 0 aliphatic heterocycles. The Balaban J connectivity index is 2.31. The fourth-order valence-corrected chi connectivity index (χ4v) is 2.85. The van der Waals surface area contributed by atoms with Crippen LogP contribution in [-0.4, -0.2) is 10.1 Å². The summed E-state index contributed by atoms with van der Waals surface area (Å²) in [5.74, 6) is 0. The summed E-state index contributed by atoms with van der Waals surface area (Å²) < 4.78 is 0.953. The second-order valence-corrected chi connectivity index (χ2v) is 5.32. The maximum absolute atomic E-state index is 10.5. The lowest BCUT2D eigenvalue weighted by atomic mass is 9.99. The largest absolute Gasteiger partial charge is 0.382 e. The normalized spacial score (nSPS) is 17.5. The zero-order valence-electron chi connectivity index (χ0n) is 9.89. The van der Waals surface area contributed by atoms with E-state index < -0.39 is 6.10 Å². The van der Waals surface area contributed by atoms with Crippen molar-refractivity contribution in [1.82, 2.24) is 4.98 Å². The third-order valence-electron chi connectivity index (χ3n) is 3.17. The average Bonchev–Trinajstić information content (AvgIpc) is 2.47. The van der Waals surface area contributed by atoms with Crippen LogP contribution in [0.1, 0.15) is 34.1 Å². The average molecular weight is 302 g/mol. The molecule has 1 unspecified atom stereocenters. The zero-order valence-corrected chi connectivity index (χ0v) is 11.5. The number of aliphatic hydroxyl groups is 1. The van der Waals surface area contributed by atoms with E-state index in [9.17, 15) is 5.11 Å². The molecule has 1 aliphatic rings. The molecule has 1 aromatic carbocycles. The van der Waals surface area contributed by atoms with E-state index in [1.165, 1.54) is 5.56 Å². The van der Waals surface area contributed by atoms with E-state index in [1.54, 1.807) is 6.20 Å². The first-order valence-electron chi connectivity index (χ1n) is 5.78. The predicted molar refractivity (Wildman–Crippen MR) is 76.3 cm³/mol. The summed E-state index contributed by atoms with van der Waals surface area (Å²) in [4.78, 5) is 4.31. The highest BCUT2D eigenvalue weighted by Crippen LogP contribution is 2.37. The van der Waals surface area contributed by atoms with Crippen LogP contribution in [0, 0.1) is 6.92 Å². The lowest BCUT2D eigenvalue weighted by molar-refractivity contribution is 0.215. The molecule has 1 aliphatic carbocycles. The number of pyridine rings is 1. The van der Waals surface area contributed by atoms with Gasteiger partial charge in [0.2, 0.25) is 0 Å². The number of aryl methyl sites for hydroxylation is 1. The van der Waals surface area contributed by atoms with Crippen LogP contribution >= 0.6 is 15.9 Å². The van der Waals surface area contributed by atoms with Gasteiger partial charge in [0.15, 0.2) is 0 Å². The first-order chi connectivity index (χ1) is 8.66. The molecule has 0 radical (unpaired) electrons. The van der Waals surface area contributed by atoms with E-state index >= 15 is 0 Å². The van der Waals surface area contributed by atoms with Gasteiger partial charge in [0.25, 0.3) is 0 Å². The van der Waals surface area contributed by atoms with Crippen molar-refractivity contribution in [2.24, 2.45) is 0 Å². The van der Waals surface area contributed by atoms with Crippen LogP contribution in [0.4, 0.5) is 0 Å². The number of benzene rings is 1. The third-order valence-corrected chi connectivity index (χ3v) is 3.83. The molecule has 0 saturated carbocycles. The van der Waals surface area contributed by atoms with Gasteiger partial charge < -0.3 is 5.11 Å². The van der Waals surface area contributed by atoms with Crippen molar-refractivity contribution in [2.75, 3.05) is 0 Å². The molecule has 1 aromatic heterocycles. The van der Waals surface area contributed by atoms with Crippen LogP contribution in [0.5, 0.6) is 0 Å². The molecule has 0 bridgehead atoms. The molecule has 2 aromatic rings. The second-order valence-electron chi connectivity index (χ2n) is 4.46. The first kappa shape index (κ1) is 11.6. The SMILES string of the molecule is Cc1ccc2c(c1)C=C(Br)c1cccnc1C2O. The molecule has 2 nitrogen and oxygen atoms in total. The number of hydrogen-bond donors (Lipinski definition) is 1. The van der Waals surface area contributed by atoms with Crippen LogP contribution in [-0.2, 0) is 0 Å². The number of aromatic nitrogens is 1. The Labute approximate surface area is 114 Å². The summed E-state index contributed by atoms with van der Waals surface area (Å²) in [6.45, 7) is 2.05. The fraction of sp³-hybridized carbons (Fsp3) is 0.133. The van der Waals surface area contributed by atoms with Gasteiger partial charge in [-0.3, -0.25) is 4.98 Å². The molecule has 18 heavy (non-hydrogen) atoms. The molecule has 0 fully saturated rings. The topological polar surface area (TPSA) is 33.1 Å². The maximum atomic E-state index is 10.5. The van der Waals surface area contributed by atoms with Crippen molar-refractivity contribution < 1.29 is 5.11 Å². The van der Waals surface area contributed by atoms with Crippen molar-refractivity contribution in [3.05, 3.63) is 64.5 Å². The molecule has 1 atom stereocenters. The van der Waals surface area contributed by atoms with Gasteiger partial charge in [-0.25, -0.2) is 0 Å². The first-order valence-corrected chi connectivity index (χ1v) is 6.57. The van der Waals surface area contributed by atoms with Gasteiger partial charge in [-0.05, 0) is 30.2 Å². The second kappa shape index (κ2) is 4.34. The van der Waals surface area contributed by atoms with Gasteiger partial charge in [-0.2, -0.15) is 0 Å². The van der Waals surface area contributed by atoms with Gasteiger partial charge >= 0.3 is 0 Å². The molecular weight excluding hydrogens is 290 g/mol. The summed E-state index contributed by atoms with van der Waals surface area (Å²) in [5.41, 5.74) is 4.75. The van der Waals surface area contributed by atoms with Crippen LogP contribution in [0.3, 0.4) is 0 Å². The highest BCUT2D eigenvalue weighted by atomic mass is 79.9. The van der Waals surface area contributed by atoms with Crippen LogP contribution < -0.4 is 0 Å². The van der Waals surface area contributed by atoms with Gasteiger partial charge in [-0.15, -0.1) is 0 Å². The minimum atomic E-state index is -0.678. The molecule has 1 heterocycles. The quantitative estimate of drug-likeness (QED) is 0.805. The highest BCUT2D eigenvalue weighted by molar-refractivity contribution is 9.15. The van der Waals surface area contributed by atoms with Gasteiger partial charge in [0.1, 0.15) is 6.10 Å². The third kappa shape index (κ3) is 1.80. The molecule has 3 heteroatoms. The number of fused-ring (bicyclic) bond motifs is 2. The molecule has 0 spiro atoms. The minimum Gasteiger partial charge on any atom is -0.382 e. The molecular formula is C15H12BrNO. The highest BCUT2D eigenvalue weighted by Gasteiger charge is 2.22. The number of aliphatic hydroxyl groups excluding tert-OH is 1. The monoisotopic (exact) mass is 301 g/mol. The maximum Gasteiger partial charge on any atom is 0.122 e. The van der Waals surface area contributed by atoms with Crippen LogP contribution in [0.2, 0.25) is 0 Å². The van der Waals surface area contributed by atoms with E-state index in [-0.39, 0.29) is 0 Å². The number of hydrogen-bond acceptors (Lipinski definition) is 2. The minimum absolute atomic E-state index is 0.678. The standard InChI is InChI=1S/C15H12BrNO/c1-9-4-5-11-10(7-9)8-13(16)12-3-2-6-17-14(12)15(11)18/h2-8,15,18H,1H3. The van der Waals surface area contributed by atoms with Crippen LogP contribution in [0.15, 0.2) is 36.5 Å². The Hall–Kier alpha value is -1.45. The molecule has 0 amide bonds. The van der Waals surface area contributed by atoms with E-state index in [2.05, 4.69) is 27.0 Å². The van der Waals surface area contributed by atoms with Crippen molar-refractivity contribution in [3.8, 4) is 0 Å². The molecule has 1 N–H and O–H groups in total. The Morgan fingerprint density at radius 3 is 2.94 bits per heavy atom. The Morgan fingerprint density at radius 2 is 2.11 bits per heavy atom. The van der Waals surface area contributed by atoms with E-state index in [0.717, 1.165) is 21.2 Å². The Morgan fingerprint density at radius 1 is 1.28 bits per heavy atom. The van der Waals surface area contributed by atoms with Crippen LogP contribution in [0.25, 0.3) is 10.6 Å². The van der Waals surface area contributed by atoms with Crippen molar-refractivity contribution >= 4 is 26.5 Å². The van der Waals surface area contributed by atoms with E-state index in [1.807, 2.05) is 37.3 Å². The lowest BCUT2D eigenvalue weighted by Crippen LogP contribution is -2.05. The van der Waals surface area contributed by atoms with Gasteiger partial charge in [0, 0.05) is 16.2 Å². The van der Waals surface area contributed by atoms with Crippen molar-refractivity contribution in [2.45, 2.75) is 13.0 Å². The van der Waals surface area contributed by atoms with Gasteiger partial charge in [-0.1, -0.05) is 45.8 Å². The van der Waals surface area contributed by atoms with E-state index in [4.69, 9.17) is 0 Å². The Kier molecular flexibility index (Phi) is 2.80. The number of nitrogens with zero attached hydrogens (tertiary/aromatic N) is 1. The molecule has 0 saturated heterocycles. The summed E-state index contributed by atoms with van der Waals surface area (Å²) in [7, 11) is 0. The number of halogens is 1. The lowest BCUT2D eigenvalue weighted by Gasteiger charge is -2.13. The summed E-state index contributed by atoms with van der Waals surface area (Å²) in [6, 6.07) is 9.89. The zero-order chi connectivity index (χ0) is 12.7. The summed E-state index contributed by atoms with van der Waals surface area (Å²) in [5, 5.41) is 10.5. The Bertz CT molecular complexity index is 649. The smallest absolute Gasteiger partial charge is 0.122 e. The summed E-state index contributed by atoms with van der Waals surface area (Å²) in [6.07, 6.45) is 3.07. The van der Waals surface area contributed by atoms with Crippen molar-refractivity contribution in [1.29, 1.82) is 0 Å². The van der Waals surface area contributed by atoms with Gasteiger partial charge in [0.05, 0.1) is 5.69 Å². The molecule has 90 valence electrons. The van der Waals surface area contributed by atoms with Crippen molar-refractivity contribution in [3.63, 3.8) is 0 Å². The predicted octanol–water partition coefficient (Wildman–Crippen LogP) is 3.68. The summed E-state index contributed by atoms with van der Waals surface area (Å²) >= 11 is 3.57. The molecule has 3 rings (SSSR count).